The molecule has 4 heteroatoms. The van der Waals surface area contributed by atoms with E-state index in [4.69, 9.17) is 0 Å². The summed E-state index contributed by atoms with van der Waals surface area (Å²) in [5.74, 6) is 0.844. The fourth-order valence-corrected chi connectivity index (χ4v) is 2.17. The molecule has 0 amide bonds. The predicted octanol–water partition coefficient (Wildman–Crippen LogP) is 2.77. The normalized spacial score (nSPS) is 10.8. The summed E-state index contributed by atoms with van der Waals surface area (Å²) < 4.78 is 2.07. The van der Waals surface area contributed by atoms with Crippen molar-refractivity contribution in [2.75, 3.05) is 12.4 Å². The van der Waals surface area contributed by atoms with Crippen molar-refractivity contribution >= 4 is 16.7 Å². The van der Waals surface area contributed by atoms with Crippen molar-refractivity contribution < 1.29 is 0 Å². The molecule has 1 aromatic carbocycles. The number of pyridine rings is 1. The van der Waals surface area contributed by atoms with Crippen LogP contribution in [0.4, 0.5) is 5.95 Å². The van der Waals surface area contributed by atoms with E-state index in [9.17, 15) is 0 Å². The maximum atomic E-state index is 4.45. The zero-order valence-corrected chi connectivity index (χ0v) is 10.4. The zero-order valence-electron chi connectivity index (χ0n) is 10.4. The largest absolute Gasteiger partial charge is 0.358 e. The van der Waals surface area contributed by atoms with Gasteiger partial charge in [0.1, 0.15) is 0 Å². The van der Waals surface area contributed by atoms with Crippen LogP contribution in [-0.2, 0) is 0 Å². The lowest BCUT2D eigenvalue weighted by molar-refractivity contribution is 1.06. The van der Waals surface area contributed by atoms with Crippen LogP contribution in [0.15, 0.2) is 42.9 Å². The van der Waals surface area contributed by atoms with Crippen LogP contribution in [0.25, 0.3) is 16.5 Å². The molecular weight excluding hydrogens is 224 g/mol. The van der Waals surface area contributed by atoms with Crippen molar-refractivity contribution in [1.29, 1.82) is 0 Å². The molecule has 3 aromatic rings. The molecule has 1 N–H and O–H groups in total. The third-order valence-corrected chi connectivity index (χ3v) is 2.97. The fraction of sp³-hybridized carbons (Fsp3) is 0.143. The second kappa shape index (κ2) is 4.14. The van der Waals surface area contributed by atoms with E-state index in [0.29, 0.717) is 0 Å². The lowest BCUT2D eigenvalue weighted by Gasteiger charge is -2.10. The molecule has 0 saturated carbocycles. The van der Waals surface area contributed by atoms with Crippen LogP contribution >= 0.6 is 0 Å². The number of benzene rings is 1. The minimum absolute atomic E-state index is 0.844. The Morgan fingerprint density at radius 3 is 2.94 bits per heavy atom. The van der Waals surface area contributed by atoms with Gasteiger partial charge in [0.05, 0.1) is 11.4 Å². The highest BCUT2D eigenvalue weighted by Gasteiger charge is 2.08. The molecule has 2 heterocycles. The molecule has 4 nitrogen and oxygen atoms in total. The fourth-order valence-electron chi connectivity index (χ4n) is 2.17. The summed E-state index contributed by atoms with van der Waals surface area (Å²) in [6.07, 6.45) is 5.72. The van der Waals surface area contributed by atoms with Gasteiger partial charge in [0.25, 0.3) is 0 Å². The molecule has 0 aliphatic carbocycles. The number of imidazole rings is 1. The highest BCUT2D eigenvalue weighted by molar-refractivity contribution is 5.89. The molecular formula is C14H14N4. The van der Waals surface area contributed by atoms with Gasteiger partial charge in [-0.25, -0.2) is 4.98 Å². The van der Waals surface area contributed by atoms with Gasteiger partial charge in [-0.3, -0.25) is 9.55 Å². The minimum Gasteiger partial charge on any atom is -0.358 e. The Hall–Kier alpha value is -2.36. The molecule has 0 aliphatic rings. The van der Waals surface area contributed by atoms with E-state index in [-0.39, 0.29) is 0 Å². The van der Waals surface area contributed by atoms with Crippen molar-refractivity contribution in [1.82, 2.24) is 14.5 Å². The summed E-state index contributed by atoms with van der Waals surface area (Å²) in [4.78, 5) is 8.60. The second-order valence-corrected chi connectivity index (χ2v) is 4.20. The van der Waals surface area contributed by atoms with Gasteiger partial charge in [0.2, 0.25) is 5.95 Å². The summed E-state index contributed by atoms with van der Waals surface area (Å²) in [6, 6.07) is 8.21. The summed E-state index contributed by atoms with van der Waals surface area (Å²) >= 11 is 0. The van der Waals surface area contributed by atoms with Crippen molar-refractivity contribution in [3.63, 3.8) is 0 Å². The predicted molar refractivity (Wildman–Crippen MR) is 73.1 cm³/mol. The molecule has 90 valence electrons. The van der Waals surface area contributed by atoms with Gasteiger partial charge in [-0.05, 0) is 19.1 Å². The van der Waals surface area contributed by atoms with E-state index in [2.05, 4.69) is 32.0 Å². The SMILES string of the molecule is CNc1nc(C)cn1-c1cccc2cnccc12. The first kappa shape index (κ1) is 10.8. The van der Waals surface area contributed by atoms with Crippen molar-refractivity contribution in [3.05, 3.63) is 48.5 Å². The molecule has 2 aromatic heterocycles. The van der Waals surface area contributed by atoms with E-state index >= 15 is 0 Å². The van der Waals surface area contributed by atoms with Gasteiger partial charge in [0, 0.05) is 36.4 Å². The van der Waals surface area contributed by atoms with Gasteiger partial charge >= 0.3 is 0 Å². The number of aryl methyl sites for hydroxylation is 1. The number of hydrogen-bond acceptors (Lipinski definition) is 3. The standard InChI is InChI=1S/C14H14N4/c1-10-9-18(14(15-2)17-10)13-5-3-4-11-8-16-7-6-12(11)13/h3-9H,1-2H3,(H,15,17). The number of nitrogens with zero attached hydrogens (tertiary/aromatic N) is 3. The molecule has 0 unspecified atom stereocenters. The van der Waals surface area contributed by atoms with Gasteiger partial charge < -0.3 is 5.32 Å². The molecule has 0 fully saturated rings. The average Bonchev–Trinajstić information content (AvgIpc) is 2.79. The molecule has 0 saturated heterocycles. The first-order valence-corrected chi connectivity index (χ1v) is 5.86. The van der Waals surface area contributed by atoms with Gasteiger partial charge in [-0.1, -0.05) is 12.1 Å². The Morgan fingerprint density at radius 1 is 1.22 bits per heavy atom. The Kier molecular flexibility index (Phi) is 2.48. The molecule has 3 rings (SSSR count). The monoisotopic (exact) mass is 238 g/mol. The van der Waals surface area contributed by atoms with Crippen LogP contribution < -0.4 is 5.32 Å². The first-order valence-electron chi connectivity index (χ1n) is 5.86. The highest BCUT2D eigenvalue weighted by atomic mass is 15.2. The van der Waals surface area contributed by atoms with Crippen molar-refractivity contribution in [2.45, 2.75) is 6.92 Å². The first-order chi connectivity index (χ1) is 8.79. The number of rotatable bonds is 2. The van der Waals surface area contributed by atoms with Crippen LogP contribution in [0.1, 0.15) is 5.69 Å². The summed E-state index contributed by atoms with van der Waals surface area (Å²) in [5, 5.41) is 5.41. The molecule has 0 radical (unpaired) electrons. The molecule has 0 aliphatic heterocycles. The number of nitrogens with one attached hydrogen (secondary N) is 1. The van der Waals surface area contributed by atoms with Crippen LogP contribution in [-0.4, -0.2) is 21.6 Å². The third kappa shape index (κ3) is 1.62. The van der Waals surface area contributed by atoms with E-state index in [0.717, 1.165) is 22.7 Å². The Labute approximate surface area is 105 Å². The second-order valence-electron chi connectivity index (χ2n) is 4.20. The number of anilines is 1. The van der Waals surface area contributed by atoms with E-state index in [1.165, 1.54) is 5.39 Å². The maximum Gasteiger partial charge on any atom is 0.207 e. The van der Waals surface area contributed by atoms with Crippen LogP contribution in [0.5, 0.6) is 0 Å². The quantitative estimate of drug-likeness (QED) is 0.746. The number of aromatic nitrogens is 3. The highest BCUT2D eigenvalue weighted by Crippen LogP contribution is 2.24. The lowest BCUT2D eigenvalue weighted by Crippen LogP contribution is -2.01. The van der Waals surface area contributed by atoms with Crippen LogP contribution in [0.2, 0.25) is 0 Å². The van der Waals surface area contributed by atoms with E-state index in [1.54, 1.807) is 0 Å². The summed E-state index contributed by atoms with van der Waals surface area (Å²) in [6.45, 7) is 1.99. The number of hydrogen-bond donors (Lipinski definition) is 1. The summed E-state index contributed by atoms with van der Waals surface area (Å²) in [5.41, 5.74) is 2.10. The van der Waals surface area contributed by atoms with Gasteiger partial charge in [-0.2, -0.15) is 0 Å². The molecule has 0 atom stereocenters. The molecule has 0 bridgehead atoms. The topological polar surface area (TPSA) is 42.7 Å². The van der Waals surface area contributed by atoms with Crippen molar-refractivity contribution in [3.8, 4) is 5.69 Å². The Balaban J connectivity index is 2.31. The van der Waals surface area contributed by atoms with E-state index < -0.39 is 0 Å². The average molecular weight is 238 g/mol. The third-order valence-electron chi connectivity index (χ3n) is 2.97. The molecule has 0 spiro atoms. The summed E-state index contributed by atoms with van der Waals surface area (Å²) in [7, 11) is 1.88. The van der Waals surface area contributed by atoms with Crippen molar-refractivity contribution in [2.24, 2.45) is 0 Å². The van der Waals surface area contributed by atoms with Crippen LogP contribution in [0.3, 0.4) is 0 Å². The number of fused-ring (bicyclic) bond motifs is 1. The Morgan fingerprint density at radius 2 is 2.11 bits per heavy atom. The minimum atomic E-state index is 0.844. The lowest BCUT2D eigenvalue weighted by atomic mass is 10.1. The van der Waals surface area contributed by atoms with E-state index in [1.807, 2.05) is 44.7 Å². The van der Waals surface area contributed by atoms with Crippen LogP contribution in [0, 0.1) is 6.92 Å². The molecule has 18 heavy (non-hydrogen) atoms. The smallest absolute Gasteiger partial charge is 0.207 e. The Bertz CT molecular complexity index is 695. The van der Waals surface area contributed by atoms with Gasteiger partial charge in [0.15, 0.2) is 0 Å². The van der Waals surface area contributed by atoms with Gasteiger partial charge in [-0.15, -0.1) is 0 Å². The maximum absolute atomic E-state index is 4.45. The zero-order chi connectivity index (χ0) is 12.5.